The normalized spacial score (nSPS) is 14.5. The molecule has 4 rings (SSSR count). The van der Waals surface area contributed by atoms with Crippen LogP contribution in [0, 0.1) is 6.92 Å². The summed E-state index contributed by atoms with van der Waals surface area (Å²) in [5.41, 5.74) is 9.22. The lowest BCUT2D eigenvalue weighted by molar-refractivity contribution is 0.411. The van der Waals surface area contributed by atoms with Gasteiger partial charge in [0.05, 0.1) is 19.3 Å². The number of nitrogens with one attached hydrogen (secondary N) is 2. The van der Waals surface area contributed by atoms with E-state index in [-0.39, 0.29) is 5.69 Å². The van der Waals surface area contributed by atoms with Crippen LogP contribution in [-0.2, 0) is 13.0 Å². The number of aromatic nitrogens is 3. The molecule has 1 saturated heterocycles. The van der Waals surface area contributed by atoms with Gasteiger partial charge in [-0.1, -0.05) is 36.4 Å². The SMILES string of the molecule is COc1cc(C2CNNC2)ccc1-n1c(C)nn(CCc2ccccc2)c1=O. The van der Waals surface area contributed by atoms with Crippen LogP contribution in [0.5, 0.6) is 5.75 Å². The van der Waals surface area contributed by atoms with E-state index >= 15 is 0 Å². The number of benzene rings is 2. The van der Waals surface area contributed by atoms with Crippen LogP contribution >= 0.6 is 0 Å². The van der Waals surface area contributed by atoms with Gasteiger partial charge >= 0.3 is 5.69 Å². The Hall–Kier alpha value is -2.90. The highest BCUT2D eigenvalue weighted by atomic mass is 16.5. The van der Waals surface area contributed by atoms with E-state index in [0.717, 1.165) is 25.2 Å². The number of ether oxygens (including phenoxy) is 1. The zero-order valence-corrected chi connectivity index (χ0v) is 16.2. The van der Waals surface area contributed by atoms with Crippen molar-refractivity contribution in [1.82, 2.24) is 25.2 Å². The van der Waals surface area contributed by atoms with Crippen molar-refractivity contribution in [3.63, 3.8) is 0 Å². The van der Waals surface area contributed by atoms with Gasteiger partial charge in [0.15, 0.2) is 0 Å². The molecule has 0 unspecified atom stereocenters. The first-order valence-electron chi connectivity index (χ1n) is 9.52. The fourth-order valence-electron chi connectivity index (χ4n) is 3.65. The monoisotopic (exact) mass is 379 g/mol. The summed E-state index contributed by atoms with van der Waals surface area (Å²) in [5.74, 6) is 1.71. The molecule has 1 aliphatic rings. The summed E-state index contributed by atoms with van der Waals surface area (Å²) >= 11 is 0. The number of methoxy groups -OCH3 is 1. The second kappa shape index (κ2) is 8.00. The van der Waals surface area contributed by atoms with Gasteiger partial charge in [-0.15, -0.1) is 0 Å². The first kappa shape index (κ1) is 18.5. The number of hydrogen-bond acceptors (Lipinski definition) is 5. The largest absolute Gasteiger partial charge is 0.495 e. The van der Waals surface area contributed by atoms with Gasteiger partial charge in [0.25, 0.3) is 0 Å². The van der Waals surface area contributed by atoms with Crippen molar-refractivity contribution in [1.29, 1.82) is 0 Å². The predicted molar refractivity (Wildman–Crippen MR) is 108 cm³/mol. The summed E-state index contributed by atoms with van der Waals surface area (Å²) in [6, 6.07) is 16.1. The lowest BCUT2D eigenvalue weighted by atomic mass is 9.99. The molecule has 2 N–H and O–H groups in total. The maximum absolute atomic E-state index is 13.0. The molecule has 0 bridgehead atoms. The van der Waals surface area contributed by atoms with Gasteiger partial charge in [-0.05, 0) is 36.6 Å². The van der Waals surface area contributed by atoms with Gasteiger partial charge in [0.2, 0.25) is 0 Å². The molecule has 0 radical (unpaired) electrons. The van der Waals surface area contributed by atoms with Crippen LogP contribution in [0.3, 0.4) is 0 Å². The molecule has 1 aliphatic heterocycles. The molecule has 0 amide bonds. The second-order valence-corrected chi connectivity index (χ2v) is 7.01. The number of nitrogens with zero attached hydrogens (tertiary/aromatic N) is 3. The number of hydrazine groups is 1. The molecule has 7 heteroatoms. The van der Waals surface area contributed by atoms with Gasteiger partial charge in [-0.25, -0.2) is 14.0 Å². The number of rotatable bonds is 6. The van der Waals surface area contributed by atoms with Gasteiger partial charge < -0.3 is 4.74 Å². The summed E-state index contributed by atoms with van der Waals surface area (Å²) in [6.07, 6.45) is 0.759. The molecule has 146 valence electrons. The molecule has 28 heavy (non-hydrogen) atoms. The smallest absolute Gasteiger partial charge is 0.350 e. The number of aryl methyl sites for hydroxylation is 3. The standard InChI is InChI=1S/C21H25N5O2/c1-15-24-25(11-10-16-6-4-3-5-7-16)21(27)26(15)19-9-8-17(12-20(19)28-2)18-13-22-23-14-18/h3-9,12,18,22-23H,10-11,13-14H2,1-2H3. The lowest BCUT2D eigenvalue weighted by Crippen LogP contribution is -2.25. The second-order valence-electron chi connectivity index (χ2n) is 7.01. The molecule has 0 saturated carbocycles. The van der Waals surface area contributed by atoms with E-state index < -0.39 is 0 Å². The topological polar surface area (TPSA) is 73.1 Å². The molecular weight excluding hydrogens is 354 g/mol. The fourth-order valence-corrected chi connectivity index (χ4v) is 3.65. The van der Waals surface area contributed by atoms with Crippen molar-refractivity contribution >= 4 is 0 Å². The molecular formula is C21H25N5O2. The minimum Gasteiger partial charge on any atom is -0.495 e. The van der Waals surface area contributed by atoms with Crippen LogP contribution in [0.15, 0.2) is 53.3 Å². The van der Waals surface area contributed by atoms with Crippen molar-refractivity contribution in [3.05, 3.63) is 76.0 Å². The van der Waals surface area contributed by atoms with Crippen molar-refractivity contribution in [2.24, 2.45) is 0 Å². The predicted octanol–water partition coefficient (Wildman–Crippen LogP) is 1.79. The Labute approximate surface area is 163 Å². The minimum atomic E-state index is -0.149. The Kier molecular flexibility index (Phi) is 5.27. The van der Waals surface area contributed by atoms with Gasteiger partial charge in [0, 0.05) is 19.0 Å². The average molecular weight is 379 g/mol. The Morgan fingerprint density at radius 3 is 2.61 bits per heavy atom. The average Bonchev–Trinajstić information content (AvgIpc) is 3.35. The van der Waals surface area contributed by atoms with E-state index in [0.29, 0.717) is 24.0 Å². The van der Waals surface area contributed by atoms with Gasteiger partial charge in [-0.2, -0.15) is 5.10 Å². The Bertz CT molecular complexity index is 1000. The first-order valence-corrected chi connectivity index (χ1v) is 9.52. The zero-order chi connectivity index (χ0) is 19.5. The molecule has 7 nitrogen and oxygen atoms in total. The maximum Gasteiger partial charge on any atom is 0.350 e. The van der Waals surface area contributed by atoms with E-state index in [1.165, 1.54) is 15.8 Å². The first-order chi connectivity index (χ1) is 13.7. The third-order valence-corrected chi connectivity index (χ3v) is 5.19. The Morgan fingerprint density at radius 1 is 1.14 bits per heavy atom. The van der Waals surface area contributed by atoms with E-state index in [2.05, 4.69) is 34.1 Å². The summed E-state index contributed by atoms with van der Waals surface area (Å²) < 4.78 is 8.76. The molecule has 1 aromatic heterocycles. The lowest BCUT2D eigenvalue weighted by Gasteiger charge is -2.14. The molecule has 1 fully saturated rings. The van der Waals surface area contributed by atoms with Gasteiger partial charge in [-0.3, -0.25) is 10.9 Å². The Morgan fingerprint density at radius 2 is 1.89 bits per heavy atom. The fraction of sp³-hybridized carbons (Fsp3) is 0.333. The van der Waals surface area contributed by atoms with E-state index in [4.69, 9.17) is 4.74 Å². The van der Waals surface area contributed by atoms with Crippen molar-refractivity contribution in [3.8, 4) is 11.4 Å². The van der Waals surface area contributed by atoms with E-state index in [9.17, 15) is 4.79 Å². The van der Waals surface area contributed by atoms with Crippen LogP contribution in [-0.4, -0.2) is 34.5 Å². The van der Waals surface area contributed by atoms with Crippen LogP contribution < -0.4 is 21.3 Å². The maximum atomic E-state index is 13.0. The summed E-state index contributed by atoms with van der Waals surface area (Å²) in [7, 11) is 1.63. The quantitative estimate of drug-likeness (QED) is 0.683. The molecule has 2 heterocycles. The van der Waals surface area contributed by atoms with Crippen LogP contribution in [0.2, 0.25) is 0 Å². The Balaban J connectivity index is 1.63. The number of hydrogen-bond donors (Lipinski definition) is 2. The highest BCUT2D eigenvalue weighted by molar-refractivity contribution is 5.50. The van der Waals surface area contributed by atoms with Crippen molar-refractivity contribution < 1.29 is 4.74 Å². The zero-order valence-electron chi connectivity index (χ0n) is 16.2. The van der Waals surface area contributed by atoms with Crippen LogP contribution in [0.4, 0.5) is 0 Å². The molecule has 3 aromatic rings. The van der Waals surface area contributed by atoms with Crippen LogP contribution in [0.25, 0.3) is 5.69 Å². The molecule has 2 aromatic carbocycles. The van der Waals surface area contributed by atoms with Crippen molar-refractivity contribution in [2.45, 2.75) is 25.8 Å². The van der Waals surface area contributed by atoms with Crippen molar-refractivity contribution in [2.75, 3.05) is 20.2 Å². The molecule has 0 atom stereocenters. The van der Waals surface area contributed by atoms with Gasteiger partial charge in [0.1, 0.15) is 11.6 Å². The summed E-state index contributed by atoms with van der Waals surface area (Å²) in [4.78, 5) is 13.0. The highest BCUT2D eigenvalue weighted by Crippen LogP contribution is 2.28. The third-order valence-electron chi connectivity index (χ3n) is 5.19. The molecule has 0 spiro atoms. The third kappa shape index (κ3) is 3.58. The van der Waals surface area contributed by atoms with E-state index in [1.807, 2.05) is 37.3 Å². The summed E-state index contributed by atoms with van der Waals surface area (Å²) in [5, 5.41) is 4.47. The highest BCUT2D eigenvalue weighted by Gasteiger charge is 2.20. The summed E-state index contributed by atoms with van der Waals surface area (Å²) in [6.45, 7) is 4.13. The van der Waals surface area contributed by atoms with Crippen LogP contribution in [0.1, 0.15) is 22.9 Å². The minimum absolute atomic E-state index is 0.149. The molecule has 0 aliphatic carbocycles. The van der Waals surface area contributed by atoms with E-state index in [1.54, 1.807) is 11.7 Å².